The lowest BCUT2D eigenvalue weighted by molar-refractivity contribution is 0.0681. The molecule has 1 amide bonds. The normalized spacial score (nSPS) is 28.4. The molecule has 1 N–H and O–H groups in total. The molecule has 0 radical (unpaired) electrons. The van der Waals surface area contributed by atoms with Crippen molar-refractivity contribution in [3.8, 4) is 0 Å². The van der Waals surface area contributed by atoms with Gasteiger partial charge in [-0.15, -0.1) is 0 Å². The zero-order valence-electron chi connectivity index (χ0n) is 11.4. The van der Waals surface area contributed by atoms with Crippen LogP contribution in [0, 0.1) is 0 Å². The number of piperidine rings is 1. The maximum absolute atomic E-state index is 12.6. The molecule has 2 saturated heterocycles. The average Bonchev–Trinajstić information content (AvgIpc) is 2.79. The topological polar surface area (TPSA) is 32.3 Å². The molecule has 2 aliphatic heterocycles. The molecule has 0 saturated carbocycles. The number of carbonyl (C=O) groups excluding carboxylic acids is 1. The second kappa shape index (κ2) is 5.66. The Hall–Kier alpha value is -0.580. The van der Waals surface area contributed by atoms with E-state index in [9.17, 15) is 4.79 Å². The van der Waals surface area contributed by atoms with Crippen LogP contribution < -0.4 is 5.32 Å². The van der Waals surface area contributed by atoms with Gasteiger partial charge >= 0.3 is 0 Å². The first-order valence-corrected chi connectivity index (χ1v) is 8.20. The van der Waals surface area contributed by atoms with Crippen molar-refractivity contribution in [3.63, 3.8) is 0 Å². The third kappa shape index (κ3) is 2.74. The van der Waals surface area contributed by atoms with Gasteiger partial charge in [0.25, 0.3) is 5.91 Å². The minimum Gasteiger partial charge on any atom is -0.339 e. The summed E-state index contributed by atoms with van der Waals surface area (Å²) in [5, 5.41) is 4.18. The third-order valence-electron chi connectivity index (χ3n) is 4.48. The first kappa shape index (κ1) is 14.4. The highest BCUT2D eigenvalue weighted by Gasteiger charge is 2.36. The molecule has 3 nitrogen and oxygen atoms in total. The molecule has 2 aliphatic rings. The smallest absolute Gasteiger partial charge is 0.253 e. The second-order valence-electron chi connectivity index (χ2n) is 5.81. The number of halogens is 2. The number of rotatable bonds is 2. The van der Waals surface area contributed by atoms with E-state index in [1.165, 1.54) is 12.8 Å². The quantitative estimate of drug-likeness (QED) is 0.879. The molecule has 108 valence electrons. The highest BCUT2D eigenvalue weighted by molar-refractivity contribution is 9.10. The Labute approximate surface area is 132 Å². The number of nitrogens with one attached hydrogen (secondary N) is 1. The van der Waals surface area contributed by atoms with Crippen LogP contribution in [-0.4, -0.2) is 36.0 Å². The summed E-state index contributed by atoms with van der Waals surface area (Å²) in [7, 11) is 1.91. The zero-order valence-corrected chi connectivity index (χ0v) is 13.7. The van der Waals surface area contributed by atoms with E-state index in [2.05, 4.69) is 21.2 Å². The minimum absolute atomic E-state index is 0.0608. The molecule has 3 rings (SSSR count). The molecular formula is C15H18BrClN2O. The largest absolute Gasteiger partial charge is 0.339 e. The number of nitrogens with zero attached hydrogens (tertiary/aromatic N) is 1. The predicted molar refractivity (Wildman–Crippen MR) is 84.2 cm³/mol. The third-order valence-corrected chi connectivity index (χ3v) is 5.72. The maximum atomic E-state index is 12.6. The molecule has 20 heavy (non-hydrogen) atoms. The van der Waals surface area contributed by atoms with Gasteiger partial charge in [-0.1, -0.05) is 11.6 Å². The van der Waals surface area contributed by atoms with E-state index in [1.54, 1.807) is 6.07 Å². The number of benzene rings is 1. The number of fused-ring (bicyclic) bond motifs is 2. The van der Waals surface area contributed by atoms with Gasteiger partial charge in [0.15, 0.2) is 0 Å². The molecule has 2 fully saturated rings. The molecule has 0 aliphatic carbocycles. The first-order valence-electron chi connectivity index (χ1n) is 7.03. The Morgan fingerprint density at radius 1 is 1.35 bits per heavy atom. The summed E-state index contributed by atoms with van der Waals surface area (Å²) in [5.41, 5.74) is 0.659. The van der Waals surface area contributed by atoms with Gasteiger partial charge in [0, 0.05) is 35.2 Å². The standard InChI is InChI=1S/C15H18BrClN2O/c1-19(12-7-10-3-4-11(8-12)18-10)15(20)9-2-5-13(16)14(17)6-9/h2,5-6,10-12,18H,3-4,7-8H2,1H3. The van der Waals surface area contributed by atoms with Crippen LogP contribution in [0.5, 0.6) is 0 Å². The van der Waals surface area contributed by atoms with Crippen LogP contribution in [0.1, 0.15) is 36.0 Å². The summed E-state index contributed by atoms with van der Waals surface area (Å²) in [6.45, 7) is 0. The van der Waals surface area contributed by atoms with E-state index >= 15 is 0 Å². The van der Waals surface area contributed by atoms with Gasteiger partial charge in [-0.2, -0.15) is 0 Å². The Bertz CT molecular complexity index is 525. The van der Waals surface area contributed by atoms with Crippen molar-refractivity contribution in [2.75, 3.05) is 7.05 Å². The molecule has 5 heteroatoms. The van der Waals surface area contributed by atoms with Crippen molar-refractivity contribution in [1.29, 1.82) is 0 Å². The van der Waals surface area contributed by atoms with Crippen molar-refractivity contribution in [1.82, 2.24) is 10.2 Å². The van der Waals surface area contributed by atoms with Crippen LogP contribution in [0.4, 0.5) is 0 Å². The van der Waals surface area contributed by atoms with E-state index in [-0.39, 0.29) is 5.91 Å². The van der Waals surface area contributed by atoms with Crippen LogP contribution in [0.15, 0.2) is 22.7 Å². The van der Waals surface area contributed by atoms with E-state index < -0.39 is 0 Å². The van der Waals surface area contributed by atoms with Gasteiger partial charge in [0.2, 0.25) is 0 Å². The van der Waals surface area contributed by atoms with Gasteiger partial charge in [0.1, 0.15) is 0 Å². The first-order chi connectivity index (χ1) is 9.54. The molecule has 1 aromatic carbocycles. The molecule has 0 aromatic heterocycles. The molecule has 2 bridgehead atoms. The van der Waals surface area contributed by atoms with Crippen LogP contribution in [-0.2, 0) is 0 Å². The van der Waals surface area contributed by atoms with Crippen LogP contribution in [0.25, 0.3) is 0 Å². The van der Waals surface area contributed by atoms with Gasteiger partial charge in [-0.3, -0.25) is 4.79 Å². The van der Waals surface area contributed by atoms with Gasteiger partial charge in [0.05, 0.1) is 5.02 Å². The summed E-state index contributed by atoms with van der Waals surface area (Å²) < 4.78 is 0.818. The van der Waals surface area contributed by atoms with E-state index in [0.29, 0.717) is 28.7 Å². The van der Waals surface area contributed by atoms with Crippen molar-refractivity contribution in [2.24, 2.45) is 0 Å². The summed E-state index contributed by atoms with van der Waals surface area (Å²) in [6.07, 6.45) is 4.60. The molecule has 2 atom stereocenters. The van der Waals surface area contributed by atoms with Crippen molar-refractivity contribution >= 4 is 33.4 Å². The fourth-order valence-corrected chi connectivity index (χ4v) is 3.77. The highest BCUT2D eigenvalue weighted by Crippen LogP contribution is 2.30. The van der Waals surface area contributed by atoms with Crippen molar-refractivity contribution < 1.29 is 4.79 Å². The maximum Gasteiger partial charge on any atom is 0.253 e. The lowest BCUT2D eigenvalue weighted by Gasteiger charge is -2.35. The molecule has 2 heterocycles. The summed E-state index contributed by atoms with van der Waals surface area (Å²) >= 11 is 9.43. The molecular weight excluding hydrogens is 340 g/mol. The Kier molecular flexibility index (Phi) is 4.07. The predicted octanol–water partition coefficient (Wildman–Crippen LogP) is 3.46. The molecule has 2 unspecified atom stereocenters. The lowest BCUT2D eigenvalue weighted by Crippen LogP contribution is -2.48. The van der Waals surface area contributed by atoms with Gasteiger partial charge in [-0.05, 0) is 59.8 Å². The Morgan fingerprint density at radius 2 is 2.00 bits per heavy atom. The summed E-state index contributed by atoms with van der Waals surface area (Å²) in [6, 6.07) is 6.90. The fraction of sp³-hybridized carbons (Fsp3) is 0.533. The van der Waals surface area contributed by atoms with Crippen LogP contribution in [0.3, 0.4) is 0 Å². The lowest BCUT2D eigenvalue weighted by atomic mass is 9.98. The van der Waals surface area contributed by atoms with E-state index in [1.807, 2.05) is 24.1 Å². The summed E-state index contributed by atoms with van der Waals surface area (Å²) in [4.78, 5) is 14.5. The minimum atomic E-state index is 0.0608. The summed E-state index contributed by atoms with van der Waals surface area (Å²) in [5.74, 6) is 0.0608. The Morgan fingerprint density at radius 3 is 2.60 bits per heavy atom. The monoisotopic (exact) mass is 356 g/mol. The number of carbonyl (C=O) groups is 1. The van der Waals surface area contributed by atoms with E-state index in [4.69, 9.17) is 11.6 Å². The van der Waals surface area contributed by atoms with Gasteiger partial charge in [-0.25, -0.2) is 0 Å². The van der Waals surface area contributed by atoms with E-state index in [0.717, 1.165) is 17.3 Å². The Balaban J connectivity index is 1.74. The number of hydrogen-bond donors (Lipinski definition) is 1. The second-order valence-corrected chi connectivity index (χ2v) is 7.07. The zero-order chi connectivity index (χ0) is 14.3. The van der Waals surface area contributed by atoms with Crippen molar-refractivity contribution in [2.45, 2.75) is 43.8 Å². The fourth-order valence-electron chi connectivity index (χ4n) is 3.34. The number of amides is 1. The average molecular weight is 358 g/mol. The van der Waals surface area contributed by atoms with Crippen molar-refractivity contribution in [3.05, 3.63) is 33.3 Å². The number of hydrogen-bond acceptors (Lipinski definition) is 2. The molecule has 0 spiro atoms. The van der Waals surface area contributed by atoms with Gasteiger partial charge < -0.3 is 10.2 Å². The SMILES string of the molecule is CN(C(=O)c1ccc(Br)c(Cl)c1)C1CC2CCC(C1)N2. The highest BCUT2D eigenvalue weighted by atomic mass is 79.9. The van der Waals surface area contributed by atoms with Crippen LogP contribution in [0.2, 0.25) is 5.02 Å². The van der Waals surface area contributed by atoms with Crippen LogP contribution >= 0.6 is 27.5 Å². The molecule has 1 aromatic rings.